The summed E-state index contributed by atoms with van der Waals surface area (Å²) in [4.78, 5) is 33.6. The Morgan fingerprint density at radius 1 is 1.00 bits per heavy atom. The van der Waals surface area contributed by atoms with Gasteiger partial charge in [0.15, 0.2) is 17.3 Å². The molecule has 2 heterocycles. The highest BCUT2D eigenvalue weighted by molar-refractivity contribution is 7.17. The molecular formula is C25H26FN3O4S. The van der Waals surface area contributed by atoms with Crippen molar-refractivity contribution >= 4 is 28.7 Å². The van der Waals surface area contributed by atoms with Crippen molar-refractivity contribution in [1.82, 2.24) is 9.88 Å². The molecule has 1 fully saturated rings. The van der Waals surface area contributed by atoms with Gasteiger partial charge in [0.05, 0.1) is 25.6 Å². The van der Waals surface area contributed by atoms with Gasteiger partial charge in [0.25, 0.3) is 5.91 Å². The Morgan fingerprint density at radius 3 is 2.32 bits per heavy atom. The largest absolute Gasteiger partial charge is 0.493 e. The van der Waals surface area contributed by atoms with Gasteiger partial charge in [-0.05, 0) is 50.2 Å². The average molecular weight is 484 g/mol. The van der Waals surface area contributed by atoms with Crippen LogP contribution in [0.3, 0.4) is 0 Å². The highest BCUT2D eigenvalue weighted by atomic mass is 32.1. The van der Waals surface area contributed by atoms with Gasteiger partial charge in [0, 0.05) is 37.3 Å². The first-order valence-corrected chi connectivity index (χ1v) is 11.7. The lowest BCUT2D eigenvalue weighted by Crippen LogP contribution is -2.49. The van der Waals surface area contributed by atoms with E-state index < -0.39 is 5.82 Å². The number of carbonyl (C=O) groups excluding carboxylic acids is 2. The number of ether oxygens (including phenoxy) is 2. The second kappa shape index (κ2) is 9.80. The van der Waals surface area contributed by atoms with Crippen LogP contribution < -0.4 is 14.4 Å². The zero-order valence-electron chi connectivity index (χ0n) is 19.6. The molecule has 0 atom stereocenters. The summed E-state index contributed by atoms with van der Waals surface area (Å²) in [5, 5.41) is 0.730. The SMILES string of the molecule is COc1ccc(-c2nc(C)c(C(=O)N3CCN(c4ccc(C(C)=O)cc4F)CC3)s2)cc1OC. The number of piperazine rings is 1. The number of Topliss-reactive ketones (excluding diaryl/α,β-unsaturated/α-hetero) is 1. The molecule has 3 aromatic rings. The third-order valence-corrected chi connectivity index (χ3v) is 7.08. The molecule has 0 bridgehead atoms. The molecule has 1 aliphatic rings. The van der Waals surface area contributed by atoms with Crippen molar-refractivity contribution < 1.29 is 23.5 Å². The number of hydrogen-bond acceptors (Lipinski definition) is 7. The molecule has 1 saturated heterocycles. The molecule has 9 heteroatoms. The fraction of sp³-hybridized carbons (Fsp3) is 0.320. The summed E-state index contributed by atoms with van der Waals surface area (Å²) in [6.07, 6.45) is 0. The van der Waals surface area contributed by atoms with Crippen molar-refractivity contribution in [3.8, 4) is 22.1 Å². The number of aromatic nitrogens is 1. The number of rotatable bonds is 6. The molecule has 0 spiro atoms. The predicted octanol–water partition coefficient (Wildman–Crippen LogP) is 4.44. The lowest BCUT2D eigenvalue weighted by Gasteiger charge is -2.36. The van der Waals surface area contributed by atoms with Gasteiger partial charge < -0.3 is 19.3 Å². The second-order valence-electron chi connectivity index (χ2n) is 8.00. The van der Waals surface area contributed by atoms with Crippen LogP contribution in [0, 0.1) is 12.7 Å². The average Bonchev–Trinajstić information content (AvgIpc) is 3.24. The van der Waals surface area contributed by atoms with Crippen LogP contribution >= 0.6 is 11.3 Å². The molecule has 0 N–H and O–H groups in total. The van der Waals surface area contributed by atoms with Crippen LogP contribution in [0.4, 0.5) is 10.1 Å². The summed E-state index contributed by atoms with van der Waals surface area (Å²) in [6, 6.07) is 10.1. The van der Waals surface area contributed by atoms with Gasteiger partial charge in [0.1, 0.15) is 15.7 Å². The van der Waals surface area contributed by atoms with E-state index in [1.165, 1.54) is 24.3 Å². The highest BCUT2D eigenvalue weighted by Crippen LogP contribution is 2.35. The molecule has 1 aliphatic heterocycles. The number of ketones is 1. The highest BCUT2D eigenvalue weighted by Gasteiger charge is 2.27. The standard InChI is InChI=1S/C25H26FN3O4S/c1-15-23(34-24(27-15)18-6-8-21(32-3)22(14-18)33-4)25(31)29-11-9-28(10-12-29)20-7-5-17(16(2)30)13-19(20)26/h5-8,13-14H,9-12H2,1-4H3. The number of halogens is 1. The summed E-state index contributed by atoms with van der Waals surface area (Å²) < 4.78 is 25.2. The number of methoxy groups -OCH3 is 2. The fourth-order valence-electron chi connectivity index (χ4n) is 3.96. The number of amides is 1. The van der Waals surface area contributed by atoms with E-state index in [4.69, 9.17) is 9.47 Å². The van der Waals surface area contributed by atoms with Crippen LogP contribution in [0.25, 0.3) is 10.6 Å². The molecule has 0 unspecified atom stereocenters. The molecule has 0 saturated carbocycles. The Bertz CT molecular complexity index is 1230. The third kappa shape index (κ3) is 4.61. The monoisotopic (exact) mass is 483 g/mol. The quantitative estimate of drug-likeness (QED) is 0.483. The van der Waals surface area contributed by atoms with Gasteiger partial charge in [-0.15, -0.1) is 11.3 Å². The summed E-state index contributed by atoms with van der Waals surface area (Å²) >= 11 is 1.35. The molecule has 0 radical (unpaired) electrons. The van der Waals surface area contributed by atoms with E-state index >= 15 is 0 Å². The molecule has 2 aromatic carbocycles. The van der Waals surface area contributed by atoms with E-state index in [1.807, 2.05) is 30.0 Å². The summed E-state index contributed by atoms with van der Waals surface area (Å²) in [7, 11) is 3.16. The minimum Gasteiger partial charge on any atom is -0.493 e. The van der Waals surface area contributed by atoms with Crippen LogP contribution in [-0.2, 0) is 0 Å². The maximum absolute atomic E-state index is 14.5. The predicted molar refractivity (Wildman–Crippen MR) is 130 cm³/mol. The Hall–Kier alpha value is -3.46. The molecule has 34 heavy (non-hydrogen) atoms. The molecule has 4 rings (SSSR count). The lowest BCUT2D eigenvalue weighted by atomic mass is 10.1. The van der Waals surface area contributed by atoms with Gasteiger partial charge in [0.2, 0.25) is 0 Å². The first-order chi connectivity index (χ1) is 16.3. The van der Waals surface area contributed by atoms with E-state index in [1.54, 1.807) is 31.3 Å². The van der Waals surface area contributed by atoms with Crippen molar-refractivity contribution in [1.29, 1.82) is 0 Å². The third-order valence-electron chi connectivity index (χ3n) is 5.88. The number of hydrogen-bond donors (Lipinski definition) is 0. The van der Waals surface area contributed by atoms with Crippen LogP contribution in [0.15, 0.2) is 36.4 Å². The molecule has 0 aliphatic carbocycles. The van der Waals surface area contributed by atoms with E-state index in [9.17, 15) is 14.0 Å². The minimum absolute atomic E-state index is 0.0752. The smallest absolute Gasteiger partial charge is 0.265 e. The van der Waals surface area contributed by atoms with Crippen molar-refractivity contribution in [2.45, 2.75) is 13.8 Å². The van der Waals surface area contributed by atoms with Gasteiger partial charge >= 0.3 is 0 Å². The molecule has 178 valence electrons. The number of thiazole rings is 1. The first kappa shape index (κ1) is 23.7. The normalized spacial score (nSPS) is 13.7. The van der Waals surface area contributed by atoms with Crippen LogP contribution in [0.1, 0.15) is 32.6 Å². The maximum Gasteiger partial charge on any atom is 0.265 e. The summed E-state index contributed by atoms with van der Waals surface area (Å²) in [5.74, 6) is 0.550. The summed E-state index contributed by atoms with van der Waals surface area (Å²) in [5.41, 5.74) is 2.31. The fourth-order valence-corrected chi connectivity index (χ4v) is 4.99. The maximum atomic E-state index is 14.5. The minimum atomic E-state index is -0.426. The van der Waals surface area contributed by atoms with E-state index in [0.29, 0.717) is 59.5 Å². The Balaban J connectivity index is 1.47. The zero-order chi connectivity index (χ0) is 24.4. The number of carbonyl (C=O) groups is 2. The molecule has 1 amide bonds. The molecular weight excluding hydrogens is 457 g/mol. The first-order valence-electron chi connectivity index (χ1n) is 10.9. The van der Waals surface area contributed by atoms with Crippen molar-refractivity contribution in [3.05, 3.63) is 58.3 Å². The Kier molecular flexibility index (Phi) is 6.83. The topological polar surface area (TPSA) is 72.0 Å². The Labute approximate surface area is 201 Å². The Morgan fingerprint density at radius 2 is 1.71 bits per heavy atom. The molecule has 7 nitrogen and oxygen atoms in total. The van der Waals surface area contributed by atoms with Crippen LogP contribution in [-0.4, -0.2) is 62.0 Å². The van der Waals surface area contributed by atoms with Crippen LogP contribution in [0.2, 0.25) is 0 Å². The van der Waals surface area contributed by atoms with Gasteiger partial charge in [-0.3, -0.25) is 9.59 Å². The van der Waals surface area contributed by atoms with Gasteiger partial charge in [-0.1, -0.05) is 0 Å². The van der Waals surface area contributed by atoms with Crippen LogP contribution in [0.5, 0.6) is 11.5 Å². The zero-order valence-corrected chi connectivity index (χ0v) is 20.4. The number of anilines is 1. The number of aryl methyl sites for hydroxylation is 1. The van der Waals surface area contributed by atoms with Gasteiger partial charge in [-0.2, -0.15) is 0 Å². The summed E-state index contributed by atoms with van der Waals surface area (Å²) in [6.45, 7) is 5.18. The van der Waals surface area contributed by atoms with E-state index in [-0.39, 0.29) is 11.7 Å². The van der Waals surface area contributed by atoms with Crippen molar-refractivity contribution in [3.63, 3.8) is 0 Å². The second-order valence-corrected chi connectivity index (χ2v) is 9.00. The lowest BCUT2D eigenvalue weighted by molar-refractivity contribution is 0.0750. The molecule has 1 aromatic heterocycles. The number of nitrogens with zero attached hydrogens (tertiary/aromatic N) is 3. The van der Waals surface area contributed by atoms with E-state index in [2.05, 4.69) is 4.98 Å². The van der Waals surface area contributed by atoms with Crippen molar-refractivity contribution in [2.24, 2.45) is 0 Å². The van der Waals surface area contributed by atoms with Crippen molar-refractivity contribution in [2.75, 3.05) is 45.3 Å². The van der Waals surface area contributed by atoms with E-state index in [0.717, 1.165) is 10.6 Å². The number of benzene rings is 2. The van der Waals surface area contributed by atoms with Gasteiger partial charge in [-0.25, -0.2) is 9.37 Å².